The van der Waals surface area contributed by atoms with Crippen LogP contribution in [0, 0.1) is 5.82 Å². The van der Waals surface area contributed by atoms with E-state index in [-0.39, 0.29) is 22.0 Å². The molecule has 6 aromatic rings. The van der Waals surface area contributed by atoms with Gasteiger partial charge in [-0.05, 0) is 111 Å². The number of aromatic hydroxyl groups is 1. The van der Waals surface area contributed by atoms with E-state index in [0.717, 1.165) is 56.3 Å². The van der Waals surface area contributed by atoms with E-state index in [4.69, 9.17) is 9.97 Å². The average molecular weight is 692 g/mol. The van der Waals surface area contributed by atoms with Crippen LogP contribution in [0.5, 0.6) is 5.75 Å². The fourth-order valence-corrected chi connectivity index (χ4v) is 6.61. The maximum absolute atomic E-state index is 14.4. The van der Waals surface area contributed by atoms with Crippen LogP contribution in [0.25, 0.3) is 56.1 Å². The molecule has 52 heavy (non-hydrogen) atoms. The van der Waals surface area contributed by atoms with Crippen molar-refractivity contribution < 1.29 is 9.50 Å². The number of nitrogens with zero attached hydrogens (tertiary/aromatic N) is 3. The van der Waals surface area contributed by atoms with Crippen LogP contribution in [0.15, 0.2) is 110 Å². The first kappa shape index (κ1) is 36.5. The van der Waals surface area contributed by atoms with Crippen molar-refractivity contribution in [1.29, 1.82) is 0 Å². The first-order valence-corrected chi connectivity index (χ1v) is 18.0. The van der Waals surface area contributed by atoms with E-state index in [9.17, 15) is 9.50 Å². The van der Waals surface area contributed by atoms with Crippen molar-refractivity contribution in [2.24, 2.45) is 0 Å². The molecule has 0 aliphatic rings. The number of pyridine rings is 1. The zero-order valence-corrected chi connectivity index (χ0v) is 32.2. The summed E-state index contributed by atoms with van der Waals surface area (Å²) in [5.74, 6) is -0.131. The van der Waals surface area contributed by atoms with Crippen molar-refractivity contribution in [3.63, 3.8) is 0 Å². The molecule has 0 bridgehead atoms. The van der Waals surface area contributed by atoms with Gasteiger partial charge in [-0.15, -0.1) is 0 Å². The lowest BCUT2D eigenvalue weighted by atomic mass is 9.80. The largest absolute Gasteiger partial charge is 0.507 e. The molecule has 266 valence electrons. The highest BCUT2D eigenvalue weighted by atomic mass is 19.1. The molecule has 0 amide bonds. The number of para-hydroxylation sites is 1. The van der Waals surface area contributed by atoms with E-state index < -0.39 is 5.82 Å². The van der Waals surface area contributed by atoms with Crippen LogP contribution in [0.2, 0.25) is 0 Å². The van der Waals surface area contributed by atoms with Gasteiger partial charge in [0.25, 0.3) is 0 Å². The fraction of sp³-hybridized carbons (Fsp3) is 0.277. The van der Waals surface area contributed by atoms with Crippen LogP contribution in [0.4, 0.5) is 4.39 Å². The maximum atomic E-state index is 14.4. The van der Waals surface area contributed by atoms with Gasteiger partial charge in [0, 0.05) is 29.1 Å². The zero-order valence-electron chi connectivity index (χ0n) is 32.2. The van der Waals surface area contributed by atoms with Crippen molar-refractivity contribution >= 4 is 16.6 Å². The molecule has 4 aromatic carbocycles. The average Bonchev–Trinajstić information content (AvgIpc) is 3.47. The van der Waals surface area contributed by atoms with E-state index in [1.165, 1.54) is 22.8 Å². The summed E-state index contributed by atoms with van der Waals surface area (Å²) in [5, 5.41) is 11.2. The Morgan fingerprint density at radius 2 is 1.37 bits per heavy atom. The topological polar surface area (TPSA) is 50.9 Å². The Morgan fingerprint density at radius 1 is 0.731 bits per heavy atom. The first-order valence-electron chi connectivity index (χ1n) is 18.0. The quantitative estimate of drug-likeness (QED) is 0.177. The molecule has 0 spiro atoms. The number of allylic oxidation sites excluding steroid dienone is 3. The van der Waals surface area contributed by atoms with Crippen LogP contribution in [-0.2, 0) is 16.2 Å². The van der Waals surface area contributed by atoms with E-state index in [0.29, 0.717) is 11.4 Å². The summed E-state index contributed by atoms with van der Waals surface area (Å²) in [6.45, 7) is 26.0. The van der Waals surface area contributed by atoms with E-state index in [1.54, 1.807) is 6.07 Å². The van der Waals surface area contributed by atoms with E-state index in [1.807, 2.05) is 25.3 Å². The highest BCUT2D eigenvalue weighted by molar-refractivity contribution is 5.97. The normalized spacial score (nSPS) is 12.8. The van der Waals surface area contributed by atoms with Gasteiger partial charge < -0.3 is 5.11 Å². The van der Waals surface area contributed by atoms with Gasteiger partial charge in [0.05, 0.1) is 22.3 Å². The van der Waals surface area contributed by atoms with Crippen molar-refractivity contribution in [2.75, 3.05) is 0 Å². The summed E-state index contributed by atoms with van der Waals surface area (Å²) >= 11 is 0. The van der Waals surface area contributed by atoms with Crippen LogP contribution in [-0.4, -0.2) is 19.6 Å². The molecule has 0 fully saturated rings. The third kappa shape index (κ3) is 7.10. The van der Waals surface area contributed by atoms with Gasteiger partial charge in [-0.1, -0.05) is 105 Å². The summed E-state index contributed by atoms with van der Waals surface area (Å²) in [6.07, 6.45) is 5.77. The highest BCUT2D eigenvalue weighted by Crippen LogP contribution is 2.41. The Morgan fingerprint density at radius 3 is 1.96 bits per heavy atom. The number of rotatable bonds is 6. The Bertz CT molecular complexity index is 2320. The van der Waals surface area contributed by atoms with Crippen molar-refractivity contribution in [2.45, 2.75) is 85.5 Å². The van der Waals surface area contributed by atoms with Gasteiger partial charge in [-0.25, -0.2) is 9.37 Å². The second-order valence-corrected chi connectivity index (χ2v) is 16.8. The molecule has 4 nitrogen and oxygen atoms in total. The lowest BCUT2D eigenvalue weighted by Crippen LogP contribution is -2.17. The zero-order chi connectivity index (χ0) is 37.7. The van der Waals surface area contributed by atoms with Crippen molar-refractivity contribution in [1.82, 2.24) is 14.5 Å². The SMILES string of the molecule is C=C/C(=C\C)c1ccnc(-c2cc(-c3cccc4c3nc(-c3ccc(F)cc3O)n4-c3cc(C(C)(C)C)cc(C(C)(C)C)c3)cc(C(C)(C)C)c2)c1. The fourth-order valence-electron chi connectivity index (χ4n) is 6.61. The van der Waals surface area contributed by atoms with Gasteiger partial charge in [-0.3, -0.25) is 9.55 Å². The van der Waals surface area contributed by atoms with Gasteiger partial charge in [0.15, 0.2) is 0 Å². The molecule has 6 rings (SSSR count). The van der Waals surface area contributed by atoms with Gasteiger partial charge >= 0.3 is 0 Å². The van der Waals surface area contributed by atoms with E-state index in [2.05, 4.69) is 140 Å². The summed E-state index contributed by atoms with van der Waals surface area (Å²) < 4.78 is 16.5. The second kappa shape index (κ2) is 13.4. The lowest BCUT2D eigenvalue weighted by Gasteiger charge is -2.27. The summed E-state index contributed by atoms with van der Waals surface area (Å²) in [6, 6.07) is 27.9. The van der Waals surface area contributed by atoms with Crippen LogP contribution < -0.4 is 0 Å². The highest BCUT2D eigenvalue weighted by Gasteiger charge is 2.26. The van der Waals surface area contributed by atoms with Crippen LogP contribution in [0.1, 0.15) is 91.5 Å². The molecule has 0 aliphatic carbocycles. The number of phenolic OH excluding ortho intramolecular Hbond substituents is 1. The number of hydrogen-bond acceptors (Lipinski definition) is 3. The molecule has 0 aliphatic heterocycles. The molecular weight excluding hydrogens is 642 g/mol. The Labute approximate surface area is 308 Å². The smallest absolute Gasteiger partial charge is 0.149 e. The number of aromatic nitrogens is 3. The number of hydrogen-bond donors (Lipinski definition) is 1. The van der Waals surface area contributed by atoms with Crippen LogP contribution in [0.3, 0.4) is 0 Å². The predicted octanol–water partition coefficient (Wildman–Crippen LogP) is 12.7. The number of fused-ring (bicyclic) bond motifs is 1. The molecule has 1 N–H and O–H groups in total. The second-order valence-electron chi connectivity index (χ2n) is 16.8. The van der Waals surface area contributed by atoms with Crippen molar-refractivity contribution in [3.05, 3.63) is 138 Å². The molecule has 0 radical (unpaired) electrons. The third-order valence-corrected chi connectivity index (χ3v) is 9.82. The Kier molecular flexibility index (Phi) is 9.38. The first-order chi connectivity index (χ1) is 24.4. The molecule has 2 heterocycles. The minimum atomic E-state index is -0.506. The minimum Gasteiger partial charge on any atom is -0.507 e. The monoisotopic (exact) mass is 691 g/mol. The predicted molar refractivity (Wildman–Crippen MR) is 217 cm³/mol. The van der Waals surface area contributed by atoms with Gasteiger partial charge in [0.1, 0.15) is 17.4 Å². The van der Waals surface area contributed by atoms with Gasteiger partial charge in [-0.2, -0.15) is 0 Å². The summed E-state index contributed by atoms with van der Waals surface area (Å²) in [7, 11) is 0. The molecule has 0 saturated carbocycles. The lowest BCUT2D eigenvalue weighted by molar-refractivity contribution is 0.470. The third-order valence-electron chi connectivity index (χ3n) is 9.82. The molecule has 0 unspecified atom stereocenters. The summed E-state index contributed by atoms with van der Waals surface area (Å²) in [5.41, 5.74) is 12.2. The molecular formula is C47H50FN3O. The number of benzene rings is 4. The molecule has 0 saturated heterocycles. The summed E-state index contributed by atoms with van der Waals surface area (Å²) in [4.78, 5) is 10.1. The van der Waals surface area contributed by atoms with Crippen molar-refractivity contribution in [3.8, 4) is 45.2 Å². The molecule has 0 atom stereocenters. The maximum Gasteiger partial charge on any atom is 0.149 e. The molecule has 5 heteroatoms. The Balaban J connectivity index is 1.68. The van der Waals surface area contributed by atoms with Crippen LogP contribution >= 0.6 is 0 Å². The number of phenols is 1. The molecule has 2 aromatic heterocycles. The standard InChI is InChI=1S/C47H50FN3O/c1-12-29(13-2)30-19-20-49-40(24-30)32-21-31(22-33(23-32)45(3,4)5)38-15-14-16-41-43(38)50-44(39-18-17-36(48)28-42(39)52)51(41)37-26-34(46(6,7)8)25-35(27-37)47(9,10)11/h12-28,52H,1H2,2-11H3/b29-13+. The Hall–Kier alpha value is -5.29. The minimum absolute atomic E-state index is 0.121. The number of imidazole rings is 1. The van der Waals surface area contributed by atoms with Gasteiger partial charge in [0.2, 0.25) is 0 Å². The van der Waals surface area contributed by atoms with E-state index >= 15 is 0 Å². The number of halogens is 1.